The number of benzene rings is 2. The molecule has 4 aliphatic heterocycles. The Morgan fingerprint density at radius 3 is 2.79 bits per heavy atom. The summed E-state index contributed by atoms with van der Waals surface area (Å²) in [5, 5.41) is 5.98. The number of amides is 3. The zero-order valence-electron chi connectivity index (χ0n) is 24.8. The minimum absolute atomic E-state index is 0.00833. The van der Waals surface area contributed by atoms with E-state index in [1.54, 1.807) is 11.0 Å². The van der Waals surface area contributed by atoms with Crippen LogP contribution in [0.2, 0.25) is 0 Å². The minimum atomic E-state index is -0.520. The smallest absolute Gasteiger partial charge is 0.254 e. The number of aryl methyl sites for hydroxylation is 1. The van der Waals surface area contributed by atoms with Crippen molar-refractivity contribution >= 4 is 34.7 Å². The van der Waals surface area contributed by atoms with Crippen LogP contribution in [0, 0.1) is 12.3 Å². The average Bonchev–Trinajstić information content (AvgIpc) is 3.60. The average molecular weight is 604 g/mol. The highest BCUT2D eigenvalue weighted by atomic mass is 32.1. The molecule has 11 heteroatoms. The zero-order valence-corrected chi connectivity index (χ0v) is 25.6. The third-order valence-corrected chi connectivity index (χ3v) is 9.41. The second-order valence-electron chi connectivity index (χ2n) is 11.8. The van der Waals surface area contributed by atoms with Crippen LogP contribution < -0.4 is 19.7 Å². The summed E-state index contributed by atoms with van der Waals surface area (Å²) < 4.78 is 12.5. The van der Waals surface area contributed by atoms with Gasteiger partial charge in [0.15, 0.2) is 11.5 Å². The van der Waals surface area contributed by atoms with Crippen LogP contribution in [-0.2, 0) is 16.0 Å². The molecule has 226 valence electrons. The molecule has 10 nitrogen and oxygen atoms in total. The molecule has 0 unspecified atom stereocenters. The predicted octanol–water partition coefficient (Wildman–Crippen LogP) is 3.11. The van der Waals surface area contributed by atoms with Crippen molar-refractivity contribution in [3.63, 3.8) is 0 Å². The molecule has 7 rings (SSSR count). The van der Waals surface area contributed by atoms with Crippen molar-refractivity contribution in [2.45, 2.75) is 25.7 Å². The van der Waals surface area contributed by atoms with Gasteiger partial charge in [0.1, 0.15) is 0 Å². The maximum Gasteiger partial charge on any atom is 0.254 e. The van der Waals surface area contributed by atoms with Crippen molar-refractivity contribution in [3.8, 4) is 11.5 Å². The van der Waals surface area contributed by atoms with Crippen LogP contribution in [0.25, 0.3) is 0 Å². The molecular weight excluding hydrogens is 566 g/mol. The molecule has 1 spiro atoms. The van der Waals surface area contributed by atoms with Gasteiger partial charge in [-0.3, -0.25) is 14.4 Å². The van der Waals surface area contributed by atoms with Crippen molar-refractivity contribution < 1.29 is 23.9 Å². The number of thiazole rings is 1. The van der Waals surface area contributed by atoms with Gasteiger partial charge >= 0.3 is 0 Å². The van der Waals surface area contributed by atoms with Gasteiger partial charge in [-0.1, -0.05) is 18.2 Å². The van der Waals surface area contributed by atoms with Crippen LogP contribution >= 0.6 is 11.3 Å². The summed E-state index contributed by atoms with van der Waals surface area (Å²) in [6, 6.07) is 13.3. The second-order valence-corrected chi connectivity index (χ2v) is 12.9. The lowest BCUT2D eigenvalue weighted by molar-refractivity contribution is -0.130. The van der Waals surface area contributed by atoms with E-state index in [2.05, 4.69) is 10.3 Å². The van der Waals surface area contributed by atoms with E-state index < -0.39 is 5.41 Å². The SMILES string of the molecule is Cc1nc(CC(=O)N2C[C@H]3c4cccc5c4OC[C@@]3(CNC(=O)CN(C(=O)c3cccc(N(C)C)c3)CCCO5)C2)cs1. The Balaban J connectivity index is 1.26. The van der Waals surface area contributed by atoms with E-state index in [1.165, 1.54) is 11.3 Å². The number of hydrogen-bond donors (Lipinski definition) is 1. The van der Waals surface area contributed by atoms with Crippen molar-refractivity contribution in [1.29, 1.82) is 0 Å². The number of carbonyl (C=O) groups excluding carboxylic acids is 3. The van der Waals surface area contributed by atoms with Crippen LogP contribution in [0.3, 0.4) is 0 Å². The fourth-order valence-electron chi connectivity index (χ4n) is 6.30. The molecular formula is C32H37N5O5S. The van der Waals surface area contributed by atoms with E-state index in [1.807, 2.05) is 72.6 Å². The fourth-order valence-corrected chi connectivity index (χ4v) is 6.92. The largest absolute Gasteiger partial charge is 0.490 e. The van der Waals surface area contributed by atoms with Crippen molar-refractivity contribution in [1.82, 2.24) is 20.1 Å². The zero-order chi connectivity index (χ0) is 30.1. The van der Waals surface area contributed by atoms with Gasteiger partial charge in [-0.2, -0.15) is 0 Å². The number of carbonyl (C=O) groups is 3. The first-order valence-corrected chi connectivity index (χ1v) is 15.5. The molecule has 1 saturated heterocycles. The Kier molecular flexibility index (Phi) is 8.00. The molecule has 1 fully saturated rings. The van der Waals surface area contributed by atoms with Gasteiger partial charge in [-0.05, 0) is 37.6 Å². The normalized spacial score (nSPS) is 21.7. The number of aromatic nitrogens is 1. The highest BCUT2D eigenvalue weighted by molar-refractivity contribution is 7.09. The topological polar surface area (TPSA) is 104 Å². The number of likely N-dealkylation sites (tertiary alicyclic amines) is 1. The van der Waals surface area contributed by atoms with Crippen LogP contribution in [0.4, 0.5) is 5.69 Å². The number of nitrogens with zero attached hydrogens (tertiary/aromatic N) is 4. The Hall–Kier alpha value is -4.12. The number of rotatable bonds is 4. The number of hydrogen-bond acceptors (Lipinski definition) is 8. The highest BCUT2D eigenvalue weighted by Crippen LogP contribution is 2.52. The molecule has 4 aliphatic rings. The fraction of sp³-hybridized carbons (Fsp3) is 0.438. The lowest BCUT2D eigenvalue weighted by Crippen LogP contribution is -2.50. The van der Waals surface area contributed by atoms with Crippen LogP contribution in [-0.4, -0.2) is 92.5 Å². The van der Waals surface area contributed by atoms with E-state index in [-0.39, 0.29) is 36.6 Å². The lowest BCUT2D eigenvalue weighted by Gasteiger charge is -2.40. The van der Waals surface area contributed by atoms with E-state index >= 15 is 0 Å². The minimum Gasteiger partial charge on any atom is -0.490 e. The summed E-state index contributed by atoms with van der Waals surface area (Å²) in [6.07, 6.45) is 0.782. The summed E-state index contributed by atoms with van der Waals surface area (Å²) in [5.74, 6) is 0.873. The Morgan fingerprint density at radius 2 is 2.00 bits per heavy atom. The van der Waals surface area contributed by atoms with Crippen molar-refractivity contribution in [2.24, 2.45) is 5.41 Å². The molecule has 43 heavy (non-hydrogen) atoms. The van der Waals surface area contributed by atoms with Crippen LogP contribution in [0.15, 0.2) is 47.8 Å². The Bertz CT molecular complexity index is 1540. The molecule has 0 radical (unpaired) electrons. The van der Waals surface area contributed by atoms with Gasteiger partial charge in [0.2, 0.25) is 11.8 Å². The van der Waals surface area contributed by atoms with E-state index in [0.29, 0.717) is 62.9 Å². The number of anilines is 1. The maximum absolute atomic E-state index is 13.6. The monoisotopic (exact) mass is 603 g/mol. The standard InChI is InChI=1S/C32H37N5O5S/c1-21-34-23(17-43-21)14-29(39)37-15-26-25-9-5-10-27-30(25)42-20-32(26,19-37)18-33-28(38)16-36(11-6-12-41-27)31(40)22-7-4-8-24(13-22)35(2)3/h4-5,7-10,13,17,26H,6,11-12,14-16,18-20H2,1-3H3,(H,33,38)/t26-,32+/m0/s1. The molecule has 1 aromatic heterocycles. The summed E-state index contributed by atoms with van der Waals surface area (Å²) in [6.45, 7) is 4.20. The Labute approximate surface area is 255 Å². The molecule has 2 atom stereocenters. The van der Waals surface area contributed by atoms with E-state index in [4.69, 9.17) is 9.47 Å². The first-order chi connectivity index (χ1) is 20.7. The maximum atomic E-state index is 13.6. The van der Waals surface area contributed by atoms with Crippen LogP contribution in [0.1, 0.15) is 39.0 Å². The highest BCUT2D eigenvalue weighted by Gasteiger charge is 2.53. The summed E-state index contributed by atoms with van der Waals surface area (Å²) in [7, 11) is 3.85. The summed E-state index contributed by atoms with van der Waals surface area (Å²) in [5.41, 5.74) is 2.69. The van der Waals surface area contributed by atoms with E-state index in [0.717, 1.165) is 22.0 Å². The molecule has 0 aliphatic carbocycles. The number of para-hydroxylation sites is 1. The van der Waals surface area contributed by atoms with E-state index in [9.17, 15) is 14.4 Å². The van der Waals surface area contributed by atoms with Gasteiger partial charge in [0.05, 0.1) is 36.9 Å². The predicted molar refractivity (Wildman–Crippen MR) is 164 cm³/mol. The van der Waals surface area contributed by atoms with Crippen LogP contribution in [0.5, 0.6) is 11.5 Å². The lowest BCUT2D eigenvalue weighted by atomic mass is 9.73. The number of fused-ring (bicyclic) bond motifs is 9. The van der Waals surface area contributed by atoms with Gasteiger partial charge in [-0.25, -0.2) is 4.98 Å². The van der Waals surface area contributed by atoms with Gasteiger partial charge in [-0.15, -0.1) is 11.3 Å². The number of ether oxygens (including phenoxy) is 2. The molecule has 3 amide bonds. The first-order valence-electron chi connectivity index (χ1n) is 14.6. The van der Waals surface area contributed by atoms with Gasteiger partial charge in [0, 0.05) is 73.8 Å². The van der Waals surface area contributed by atoms with Gasteiger partial charge < -0.3 is 29.5 Å². The summed E-state index contributed by atoms with van der Waals surface area (Å²) >= 11 is 1.54. The molecule has 2 aromatic carbocycles. The molecule has 0 saturated carbocycles. The van der Waals surface area contributed by atoms with Crippen molar-refractivity contribution in [2.75, 3.05) is 64.9 Å². The van der Waals surface area contributed by atoms with Gasteiger partial charge in [0.25, 0.3) is 5.91 Å². The van der Waals surface area contributed by atoms with Crippen molar-refractivity contribution in [3.05, 3.63) is 69.7 Å². The Morgan fingerprint density at radius 1 is 1.16 bits per heavy atom. The molecule has 3 aromatic rings. The third kappa shape index (κ3) is 5.90. The molecule has 1 N–H and O–H groups in total. The quantitative estimate of drug-likeness (QED) is 0.489. The third-order valence-electron chi connectivity index (χ3n) is 8.59. The second kappa shape index (κ2) is 11.9. The summed E-state index contributed by atoms with van der Waals surface area (Å²) in [4.78, 5) is 50.3. The molecule has 5 heterocycles. The molecule has 4 bridgehead atoms. The number of nitrogens with one attached hydrogen (secondary N) is 1. The first kappa shape index (κ1) is 29.0.